The molecule has 0 atom stereocenters. The lowest BCUT2D eigenvalue weighted by Gasteiger charge is -2.13. The molecule has 2 N–H and O–H groups in total. The molecule has 138 valence electrons. The number of para-hydroxylation sites is 1. The maximum atomic E-state index is 12.7. The Morgan fingerprint density at radius 1 is 0.889 bits per heavy atom. The summed E-state index contributed by atoms with van der Waals surface area (Å²) in [7, 11) is -3.73. The van der Waals surface area contributed by atoms with E-state index in [1.807, 2.05) is 32.0 Å². The number of aromatic nitrogens is 1. The van der Waals surface area contributed by atoms with E-state index >= 15 is 0 Å². The summed E-state index contributed by atoms with van der Waals surface area (Å²) < 4.78 is 27.9. The Kier molecular flexibility index (Phi) is 5.23. The van der Waals surface area contributed by atoms with Crippen molar-refractivity contribution in [3.63, 3.8) is 0 Å². The van der Waals surface area contributed by atoms with Gasteiger partial charge in [-0.15, -0.1) is 0 Å². The Balaban J connectivity index is 1.77. The third kappa shape index (κ3) is 4.32. The SMILES string of the molecule is Cc1cccc(C)c1NS(=O)(=O)c1ccc(NC(=O)c2ccccn2)cc1. The van der Waals surface area contributed by atoms with Gasteiger partial charge in [0, 0.05) is 11.9 Å². The smallest absolute Gasteiger partial charge is 0.274 e. The van der Waals surface area contributed by atoms with Gasteiger partial charge in [-0.05, 0) is 61.4 Å². The van der Waals surface area contributed by atoms with E-state index in [0.717, 1.165) is 11.1 Å². The molecule has 0 radical (unpaired) electrons. The highest BCUT2D eigenvalue weighted by molar-refractivity contribution is 7.92. The standard InChI is InChI=1S/C20H19N3O3S/c1-14-6-5-7-15(2)19(14)23-27(25,26)17-11-9-16(10-12-17)22-20(24)18-8-3-4-13-21-18/h3-13,23H,1-2H3,(H,22,24). The second kappa shape index (κ2) is 7.59. The minimum atomic E-state index is -3.73. The molecule has 0 aliphatic heterocycles. The van der Waals surface area contributed by atoms with Crippen LogP contribution < -0.4 is 10.0 Å². The molecule has 0 aliphatic carbocycles. The van der Waals surface area contributed by atoms with E-state index in [1.165, 1.54) is 18.3 Å². The van der Waals surface area contributed by atoms with E-state index in [0.29, 0.717) is 11.4 Å². The van der Waals surface area contributed by atoms with Crippen LogP contribution in [0.4, 0.5) is 11.4 Å². The van der Waals surface area contributed by atoms with E-state index in [4.69, 9.17) is 0 Å². The van der Waals surface area contributed by atoms with Gasteiger partial charge in [0.1, 0.15) is 5.69 Å². The van der Waals surface area contributed by atoms with Crippen molar-refractivity contribution in [2.75, 3.05) is 10.0 Å². The van der Waals surface area contributed by atoms with Gasteiger partial charge in [-0.25, -0.2) is 8.42 Å². The fraction of sp³-hybridized carbons (Fsp3) is 0.100. The Hall–Kier alpha value is -3.19. The number of pyridine rings is 1. The first-order valence-electron chi connectivity index (χ1n) is 8.28. The van der Waals surface area contributed by atoms with Gasteiger partial charge < -0.3 is 5.32 Å². The van der Waals surface area contributed by atoms with Crippen LogP contribution in [-0.2, 0) is 10.0 Å². The van der Waals surface area contributed by atoms with E-state index in [9.17, 15) is 13.2 Å². The lowest BCUT2D eigenvalue weighted by molar-refractivity contribution is 0.102. The molecule has 0 bridgehead atoms. The van der Waals surface area contributed by atoms with Crippen LogP contribution in [0.1, 0.15) is 21.6 Å². The average Bonchev–Trinajstić information content (AvgIpc) is 2.66. The van der Waals surface area contributed by atoms with E-state index in [2.05, 4.69) is 15.0 Å². The molecule has 0 saturated heterocycles. The summed E-state index contributed by atoms with van der Waals surface area (Å²) in [5.41, 5.74) is 3.03. The minimum absolute atomic E-state index is 0.112. The molecule has 2 aromatic carbocycles. The second-order valence-corrected chi connectivity index (χ2v) is 7.75. The highest BCUT2D eigenvalue weighted by Crippen LogP contribution is 2.24. The van der Waals surface area contributed by atoms with Crippen LogP contribution in [0.5, 0.6) is 0 Å². The topological polar surface area (TPSA) is 88.2 Å². The summed E-state index contributed by atoms with van der Waals surface area (Å²) in [5, 5.41) is 2.69. The van der Waals surface area contributed by atoms with Crippen molar-refractivity contribution in [3.05, 3.63) is 83.7 Å². The van der Waals surface area contributed by atoms with Gasteiger partial charge in [0.05, 0.1) is 10.6 Å². The van der Waals surface area contributed by atoms with Gasteiger partial charge in [0.15, 0.2) is 0 Å². The van der Waals surface area contributed by atoms with Gasteiger partial charge in [-0.3, -0.25) is 14.5 Å². The number of sulfonamides is 1. The van der Waals surface area contributed by atoms with E-state index in [1.54, 1.807) is 30.3 Å². The first-order chi connectivity index (χ1) is 12.9. The number of benzene rings is 2. The third-order valence-electron chi connectivity index (χ3n) is 4.04. The van der Waals surface area contributed by atoms with Crippen molar-refractivity contribution in [1.29, 1.82) is 0 Å². The molecule has 3 aromatic rings. The van der Waals surface area contributed by atoms with Crippen molar-refractivity contribution < 1.29 is 13.2 Å². The number of rotatable bonds is 5. The van der Waals surface area contributed by atoms with E-state index < -0.39 is 10.0 Å². The highest BCUT2D eigenvalue weighted by atomic mass is 32.2. The molecule has 1 aromatic heterocycles. The minimum Gasteiger partial charge on any atom is -0.321 e. The van der Waals surface area contributed by atoms with Crippen LogP contribution >= 0.6 is 0 Å². The number of carbonyl (C=O) groups excluding carboxylic acids is 1. The number of carbonyl (C=O) groups is 1. The largest absolute Gasteiger partial charge is 0.321 e. The summed E-state index contributed by atoms with van der Waals surface area (Å²) in [5.74, 6) is -0.361. The van der Waals surface area contributed by atoms with Crippen LogP contribution in [0.15, 0.2) is 71.8 Å². The van der Waals surface area contributed by atoms with Crippen molar-refractivity contribution in [2.24, 2.45) is 0 Å². The molecule has 0 aliphatic rings. The highest BCUT2D eigenvalue weighted by Gasteiger charge is 2.17. The lowest BCUT2D eigenvalue weighted by atomic mass is 10.1. The molecule has 0 spiro atoms. The monoisotopic (exact) mass is 381 g/mol. The molecule has 1 heterocycles. The van der Waals surface area contributed by atoms with Crippen molar-refractivity contribution in [1.82, 2.24) is 4.98 Å². The van der Waals surface area contributed by atoms with Gasteiger partial charge >= 0.3 is 0 Å². The van der Waals surface area contributed by atoms with Crippen molar-refractivity contribution in [3.8, 4) is 0 Å². The van der Waals surface area contributed by atoms with Gasteiger partial charge in [-0.2, -0.15) is 0 Å². The van der Waals surface area contributed by atoms with Crippen LogP contribution in [0, 0.1) is 13.8 Å². The quantitative estimate of drug-likeness (QED) is 0.704. The fourth-order valence-corrected chi connectivity index (χ4v) is 3.78. The molecule has 7 heteroatoms. The summed E-state index contributed by atoms with van der Waals surface area (Å²) in [6, 6.07) is 16.6. The number of nitrogens with zero attached hydrogens (tertiary/aromatic N) is 1. The summed E-state index contributed by atoms with van der Waals surface area (Å²) >= 11 is 0. The van der Waals surface area contributed by atoms with E-state index in [-0.39, 0.29) is 16.5 Å². The van der Waals surface area contributed by atoms with Crippen molar-refractivity contribution >= 4 is 27.3 Å². The van der Waals surface area contributed by atoms with Gasteiger partial charge in [0.2, 0.25) is 0 Å². The Morgan fingerprint density at radius 3 is 2.15 bits per heavy atom. The molecule has 3 rings (SSSR count). The normalized spacial score (nSPS) is 11.0. The molecule has 0 fully saturated rings. The predicted octanol–water partition coefficient (Wildman–Crippen LogP) is 3.75. The molecule has 0 unspecified atom stereocenters. The van der Waals surface area contributed by atoms with Gasteiger partial charge in [-0.1, -0.05) is 24.3 Å². The predicted molar refractivity (Wildman–Crippen MR) is 105 cm³/mol. The molecule has 27 heavy (non-hydrogen) atoms. The van der Waals surface area contributed by atoms with Crippen LogP contribution in [-0.4, -0.2) is 19.3 Å². The van der Waals surface area contributed by atoms with Crippen LogP contribution in [0.2, 0.25) is 0 Å². The number of anilines is 2. The zero-order valence-corrected chi connectivity index (χ0v) is 15.7. The maximum Gasteiger partial charge on any atom is 0.274 e. The number of hydrogen-bond donors (Lipinski definition) is 2. The fourth-order valence-electron chi connectivity index (χ4n) is 2.58. The number of aryl methyl sites for hydroxylation is 2. The zero-order chi connectivity index (χ0) is 19.4. The Labute approximate surface area is 158 Å². The van der Waals surface area contributed by atoms with Crippen LogP contribution in [0.3, 0.4) is 0 Å². The number of amides is 1. The second-order valence-electron chi connectivity index (χ2n) is 6.07. The Bertz CT molecular complexity index is 1040. The summed E-state index contributed by atoms with van der Waals surface area (Å²) in [6.07, 6.45) is 1.53. The van der Waals surface area contributed by atoms with Gasteiger partial charge in [0.25, 0.3) is 15.9 Å². The molecule has 6 nitrogen and oxygen atoms in total. The number of hydrogen-bond acceptors (Lipinski definition) is 4. The first kappa shape index (κ1) is 18.6. The maximum absolute atomic E-state index is 12.7. The average molecular weight is 381 g/mol. The third-order valence-corrected chi connectivity index (χ3v) is 5.40. The molecular weight excluding hydrogens is 362 g/mol. The summed E-state index contributed by atoms with van der Waals surface area (Å²) in [4.78, 5) is 16.2. The first-order valence-corrected chi connectivity index (χ1v) is 9.76. The molecule has 1 amide bonds. The lowest BCUT2D eigenvalue weighted by Crippen LogP contribution is -2.15. The summed E-state index contributed by atoms with van der Waals surface area (Å²) in [6.45, 7) is 3.70. The molecular formula is C20H19N3O3S. The number of nitrogens with one attached hydrogen (secondary N) is 2. The van der Waals surface area contributed by atoms with Crippen LogP contribution in [0.25, 0.3) is 0 Å². The Morgan fingerprint density at radius 2 is 1.56 bits per heavy atom. The van der Waals surface area contributed by atoms with Crippen molar-refractivity contribution in [2.45, 2.75) is 18.7 Å². The molecule has 0 saturated carbocycles. The zero-order valence-electron chi connectivity index (χ0n) is 14.9.